The van der Waals surface area contributed by atoms with E-state index in [-0.39, 0.29) is 23.5 Å². The van der Waals surface area contributed by atoms with Gasteiger partial charge in [0.25, 0.3) is 0 Å². The lowest BCUT2D eigenvalue weighted by atomic mass is 10.3. The van der Waals surface area contributed by atoms with Gasteiger partial charge in [-0.1, -0.05) is 0 Å². The molecule has 1 aromatic carbocycles. The van der Waals surface area contributed by atoms with E-state index in [0.29, 0.717) is 18.9 Å². The summed E-state index contributed by atoms with van der Waals surface area (Å²) in [4.78, 5) is 20.7. The summed E-state index contributed by atoms with van der Waals surface area (Å²) in [6.07, 6.45) is 2.88. The fourth-order valence-corrected chi connectivity index (χ4v) is 1.52. The van der Waals surface area contributed by atoms with E-state index in [1.807, 2.05) is 0 Å². The minimum Gasteiger partial charge on any atom is -0.475 e. The average Bonchev–Trinajstić information content (AvgIpc) is 2.50. The molecule has 0 spiro atoms. The highest BCUT2D eigenvalue weighted by atomic mass is 19.1. The van der Waals surface area contributed by atoms with Crippen molar-refractivity contribution in [3.63, 3.8) is 0 Å². The number of hydrogen-bond donors (Lipinski definition) is 0. The number of carbonyl (C=O) groups is 1. The molecule has 0 unspecified atom stereocenters. The number of hydrogen-bond acceptors (Lipinski definition) is 5. The zero-order valence-corrected chi connectivity index (χ0v) is 12.3. The molecule has 6 nitrogen and oxygen atoms in total. The summed E-state index contributed by atoms with van der Waals surface area (Å²) in [5, 5.41) is 0. The first kappa shape index (κ1) is 15.7. The van der Waals surface area contributed by atoms with Gasteiger partial charge in [-0.3, -0.25) is 9.78 Å². The van der Waals surface area contributed by atoms with Crippen LogP contribution in [0.25, 0.3) is 0 Å². The predicted molar refractivity (Wildman–Crippen MR) is 77.3 cm³/mol. The number of carbonyl (C=O) groups excluding carboxylic acids is 1. The van der Waals surface area contributed by atoms with E-state index in [4.69, 9.17) is 9.47 Å². The third kappa shape index (κ3) is 4.69. The van der Waals surface area contributed by atoms with Gasteiger partial charge in [-0.15, -0.1) is 0 Å². The number of amides is 1. The number of halogens is 1. The molecule has 0 fully saturated rings. The maximum atomic E-state index is 12.8. The smallest absolute Gasteiger partial charge is 0.241 e. The van der Waals surface area contributed by atoms with Gasteiger partial charge < -0.3 is 14.4 Å². The quantitative estimate of drug-likeness (QED) is 0.819. The van der Waals surface area contributed by atoms with Gasteiger partial charge in [-0.05, 0) is 24.3 Å². The van der Waals surface area contributed by atoms with E-state index < -0.39 is 0 Å². The Labute approximate surface area is 127 Å². The first-order valence-electron chi connectivity index (χ1n) is 6.64. The van der Waals surface area contributed by atoms with Gasteiger partial charge >= 0.3 is 0 Å². The summed E-state index contributed by atoms with van der Waals surface area (Å²) in [5.74, 6) is 0.595. The molecular weight excluding hydrogens is 289 g/mol. The largest absolute Gasteiger partial charge is 0.475 e. The van der Waals surface area contributed by atoms with Crippen LogP contribution in [0.5, 0.6) is 17.5 Å². The van der Waals surface area contributed by atoms with E-state index >= 15 is 0 Å². The predicted octanol–water partition coefficient (Wildman–Crippen LogP) is 2.27. The Morgan fingerprint density at radius 3 is 2.59 bits per heavy atom. The molecule has 0 bridgehead atoms. The summed E-state index contributed by atoms with van der Waals surface area (Å²) in [6, 6.07) is 5.57. The normalized spacial score (nSPS) is 10.1. The Morgan fingerprint density at radius 2 is 1.91 bits per heavy atom. The van der Waals surface area contributed by atoms with E-state index in [2.05, 4.69) is 9.97 Å². The summed E-state index contributed by atoms with van der Waals surface area (Å²) in [6.45, 7) is 2.22. The second-order valence-electron chi connectivity index (χ2n) is 4.54. The maximum Gasteiger partial charge on any atom is 0.241 e. The van der Waals surface area contributed by atoms with Gasteiger partial charge in [0.2, 0.25) is 17.7 Å². The first-order valence-corrected chi connectivity index (χ1v) is 6.64. The summed E-state index contributed by atoms with van der Waals surface area (Å²) >= 11 is 0. The molecule has 0 saturated heterocycles. The number of likely N-dealkylation sites (N-methyl/N-ethyl adjacent to an activating group) is 1. The van der Waals surface area contributed by atoms with Crippen LogP contribution in [0.4, 0.5) is 4.39 Å². The number of rotatable bonds is 6. The van der Waals surface area contributed by atoms with Crippen molar-refractivity contribution in [3.05, 3.63) is 42.5 Å². The number of ether oxygens (including phenoxy) is 2. The topological polar surface area (TPSA) is 64.6 Å². The highest BCUT2D eigenvalue weighted by Gasteiger charge is 2.05. The monoisotopic (exact) mass is 305 g/mol. The van der Waals surface area contributed by atoms with Crippen molar-refractivity contribution in [1.82, 2.24) is 14.9 Å². The lowest BCUT2D eigenvalue weighted by molar-refractivity contribution is -0.127. The van der Waals surface area contributed by atoms with Crippen LogP contribution in [0, 0.1) is 5.82 Å². The molecule has 0 aliphatic rings. The fourth-order valence-electron chi connectivity index (χ4n) is 1.52. The first-order chi connectivity index (χ1) is 10.5. The summed E-state index contributed by atoms with van der Waals surface area (Å²) in [5.41, 5.74) is 0. The molecule has 0 N–H and O–H groups in total. The molecule has 116 valence electrons. The molecule has 1 amide bonds. The molecule has 2 aromatic rings. The second-order valence-corrected chi connectivity index (χ2v) is 4.54. The van der Waals surface area contributed by atoms with Crippen LogP contribution in [0.1, 0.15) is 6.92 Å². The number of aromatic nitrogens is 2. The minimum atomic E-state index is -0.342. The highest BCUT2D eigenvalue weighted by molar-refractivity contribution is 5.72. The number of benzene rings is 1. The third-order valence-corrected chi connectivity index (χ3v) is 2.84. The van der Waals surface area contributed by atoms with Crippen molar-refractivity contribution in [2.24, 2.45) is 0 Å². The van der Waals surface area contributed by atoms with Crippen LogP contribution in [0.2, 0.25) is 0 Å². The Kier molecular flexibility index (Phi) is 5.24. The van der Waals surface area contributed by atoms with Crippen molar-refractivity contribution >= 4 is 5.91 Å². The van der Waals surface area contributed by atoms with Crippen molar-refractivity contribution < 1.29 is 18.7 Å². The molecule has 0 aliphatic carbocycles. The van der Waals surface area contributed by atoms with Crippen LogP contribution < -0.4 is 9.47 Å². The van der Waals surface area contributed by atoms with Crippen molar-refractivity contribution in [2.75, 3.05) is 20.2 Å². The van der Waals surface area contributed by atoms with E-state index in [1.54, 1.807) is 7.05 Å². The van der Waals surface area contributed by atoms with E-state index in [9.17, 15) is 9.18 Å². The standard InChI is InChI=1S/C15H16FN3O3/c1-11(20)19(2)7-8-21-14-9-17-10-15(18-14)22-13-5-3-12(16)4-6-13/h3-6,9-10H,7-8H2,1-2H3. The van der Waals surface area contributed by atoms with E-state index in [0.717, 1.165) is 0 Å². The summed E-state index contributed by atoms with van der Waals surface area (Å²) in [7, 11) is 1.69. The lowest BCUT2D eigenvalue weighted by Gasteiger charge is -2.14. The molecule has 2 rings (SSSR count). The van der Waals surface area contributed by atoms with Gasteiger partial charge in [0.05, 0.1) is 18.9 Å². The van der Waals surface area contributed by atoms with Crippen molar-refractivity contribution in [2.45, 2.75) is 6.92 Å². The Bertz CT molecular complexity index is 634. The van der Waals surface area contributed by atoms with Gasteiger partial charge in [0.15, 0.2) is 0 Å². The summed E-state index contributed by atoms with van der Waals surface area (Å²) < 4.78 is 23.7. The second kappa shape index (κ2) is 7.35. The Balaban J connectivity index is 1.92. The molecule has 1 aromatic heterocycles. The van der Waals surface area contributed by atoms with Gasteiger partial charge in [-0.25, -0.2) is 4.39 Å². The molecule has 7 heteroatoms. The molecule has 0 saturated carbocycles. The zero-order chi connectivity index (χ0) is 15.9. The van der Waals surface area contributed by atoms with Crippen molar-refractivity contribution in [1.29, 1.82) is 0 Å². The molecular formula is C15H16FN3O3. The van der Waals surface area contributed by atoms with Gasteiger partial charge in [0, 0.05) is 14.0 Å². The van der Waals surface area contributed by atoms with Crippen molar-refractivity contribution in [3.8, 4) is 17.5 Å². The number of nitrogens with zero attached hydrogens (tertiary/aromatic N) is 3. The lowest BCUT2D eigenvalue weighted by Crippen LogP contribution is -2.28. The highest BCUT2D eigenvalue weighted by Crippen LogP contribution is 2.20. The fraction of sp³-hybridized carbons (Fsp3) is 0.267. The van der Waals surface area contributed by atoms with Gasteiger partial charge in [-0.2, -0.15) is 4.98 Å². The van der Waals surface area contributed by atoms with Crippen LogP contribution in [-0.2, 0) is 4.79 Å². The third-order valence-electron chi connectivity index (χ3n) is 2.84. The zero-order valence-electron chi connectivity index (χ0n) is 12.3. The van der Waals surface area contributed by atoms with Crippen LogP contribution in [-0.4, -0.2) is 41.0 Å². The maximum absolute atomic E-state index is 12.8. The van der Waals surface area contributed by atoms with E-state index in [1.165, 1.54) is 48.5 Å². The Morgan fingerprint density at radius 1 is 1.23 bits per heavy atom. The molecule has 0 radical (unpaired) electrons. The van der Waals surface area contributed by atoms with Crippen LogP contribution >= 0.6 is 0 Å². The molecule has 0 atom stereocenters. The average molecular weight is 305 g/mol. The van der Waals surface area contributed by atoms with Gasteiger partial charge in [0.1, 0.15) is 18.2 Å². The molecule has 22 heavy (non-hydrogen) atoms. The SMILES string of the molecule is CC(=O)N(C)CCOc1cncc(Oc2ccc(F)cc2)n1. The molecule has 0 aliphatic heterocycles. The van der Waals surface area contributed by atoms with Crippen LogP contribution in [0.3, 0.4) is 0 Å². The van der Waals surface area contributed by atoms with Crippen LogP contribution in [0.15, 0.2) is 36.7 Å². The molecule has 1 heterocycles. The minimum absolute atomic E-state index is 0.0388. The Hall–Kier alpha value is -2.70.